The molecule has 0 unspecified atom stereocenters. The van der Waals surface area contributed by atoms with Gasteiger partial charge in [-0.1, -0.05) is 59.6 Å². The fraction of sp³-hybridized carbons (Fsp3) is 0.457. The summed E-state index contributed by atoms with van der Waals surface area (Å²) in [6.45, 7) is 15.7. The average molecular weight is 549 g/mol. The first-order chi connectivity index (χ1) is 19.2. The van der Waals surface area contributed by atoms with Gasteiger partial charge in [-0.3, -0.25) is 0 Å². The fourth-order valence-corrected chi connectivity index (χ4v) is 3.99. The minimum Gasteiger partial charge on any atom is -0.492 e. The van der Waals surface area contributed by atoms with E-state index < -0.39 is 5.63 Å². The zero-order valence-corrected chi connectivity index (χ0v) is 25.6. The van der Waals surface area contributed by atoms with E-state index in [9.17, 15) is 4.79 Å². The molecule has 0 saturated carbocycles. The maximum absolute atomic E-state index is 13.1. The molecule has 218 valence electrons. The molecule has 0 atom stereocenters. The van der Waals surface area contributed by atoms with Gasteiger partial charge in [-0.05, 0) is 104 Å². The van der Waals surface area contributed by atoms with E-state index in [0.29, 0.717) is 35.7 Å². The molecule has 0 bridgehead atoms. The van der Waals surface area contributed by atoms with Crippen LogP contribution in [0.3, 0.4) is 0 Å². The highest BCUT2D eigenvalue weighted by Gasteiger charge is 2.21. The molecule has 0 saturated heterocycles. The van der Waals surface area contributed by atoms with Crippen molar-refractivity contribution >= 4 is 11.0 Å². The zero-order chi connectivity index (χ0) is 29.3. The Morgan fingerprint density at radius 3 is 1.93 bits per heavy atom. The second-order valence-corrected chi connectivity index (χ2v) is 10.6. The Morgan fingerprint density at radius 2 is 1.35 bits per heavy atom. The Bertz CT molecular complexity index is 1280. The molecular weight excluding hydrogens is 500 g/mol. The van der Waals surface area contributed by atoms with E-state index in [2.05, 4.69) is 78.8 Å². The molecule has 40 heavy (non-hydrogen) atoms. The molecule has 2 aromatic rings. The lowest BCUT2D eigenvalue weighted by Crippen LogP contribution is -2.11. The zero-order valence-electron chi connectivity index (χ0n) is 25.6. The van der Waals surface area contributed by atoms with Crippen molar-refractivity contribution in [1.82, 2.24) is 0 Å². The molecule has 0 aliphatic heterocycles. The van der Waals surface area contributed by atoms with Gasteiger partial charge in [-0.25, -0.2) is 4.79 Å². The van der Waals surface area contributed by atoms with Gasteiger partial charge in [0.2, 0.25) is 5.75 Å². The van der Waals surface area contributed by atoms with Crippen molar-refractivity contribution in [2.75, 3.05) is 19.8 Å². The molecule has 0 amide bonds. The van der Waals surface area contributed by atoms with Gasteiger partial charge in [-0.2, -0.15) is 0 Å². The Morgan fingerprint density at radius 1 is 0.750 bits per heavy atom. The van der Waals surface area contributed by atoms with E-state index in [4.69, 9.17) is 18.6 Å². The standard InChI is InChI=1S/C35H48O5/c1-8-9-10-11-23-37-30-19-14-20-31-32(30)33(38-24-21-28(6)17-12-15-26(2)3)34(35(36)40-31)39-25-22-29(7)18-13-16-27(4)5/h9-10,14-16,19-22H,8,11-13,17-18,23-25H2,1-7H3/b10-9?,28-21+,29-22+. The summed E-state index contributed by atoms with van der Waals surface area (Å²) in [5, 5.41) is 0.608. The molecule has 0 spiro atoms. The SMILES string of the molecule is CCC=CCCOc1cccc2oc(=O)c(OC/C=C(\C)CCC=C(C)C)c(OC/C=C(\C)CCC=C(C)C)c12. The van der Waals surface area contributed by atoms with E-state index in [-0.39, 0.29) is 12.4 Å². The number of allylic oxidation sites excluding steroid dienone is 7. The Balaban J connectivity index is 2.36. The predicted molar refractivity (Wildman–Crippen MR) is 168 cm³/mol. The van der Waals surface area contributed by atoms with Crippen LogP contribution in [-0.2, 0) is 0 Å². The third-order valence-corrected chi connectivity index (χ3v) is 6.26. The van der Waals surface area contributed by atoms with Crippen LogP contribution in [0.1, 0.15) is 87.0 Å². The molecule has 5 heteroatoms. The molecule has 0 aliphatic rings. The highest BCUT2D eigenvalue weighted by atomic mass is 16.5. The molecule has 1 aromatic heterocycles. The van der Waals surface area contributed by atoms with Crippen LogP contribution in [0.2, 0.25) is 0 Å². The van der Waals surface area contributed by atoms with Gasteiger partial charge in [0, 0.05) is 0 Å². The largest absolute Gasteiger partial charge is 0.492 e. The van der Waals surface area contributed by atoms with Crippen LogP contribution < -0.4 is 19.8 Å². The quantitative estimate of drug-likeness (QED) is 0.112. The monoisotopic (exact) mass is 548 g/mol. The first-order valence-corrected chi connectivity index (χ1v) is 14.4. The number of hydrogen-bond donors (Lipinski definition) is 0. The second-order valence-electron chi connectivity index (χ2n) is 10.6. The van der Waals surface area contributed by atoms with Gasteiger partial charge in [-0.15, -0.1) is 0 Å². The van der Waals surface area contributed by atoms with E-state index >= 15 is 0 Å². The van der Waals surface area contributed by atoms with Crippen molar-refractivity contribution in [3.05, 3.63) is 87.4 Å². The number of ether oxygens (including phenoxy) is 3. The molecule has 0 radical (unpaired) electrons. The van der Waals surface area contributed by atoms with Gasteiger partial charge in [0.25, 0.3) is 0 Å². The normalized spacial score (nSPS) is 12.1. The van der Waals surface area contributed by atoms with Crippen LogP contribution >= 0.6 is 0 Å². The molecule has 0 aliphatic carbocycles. The third-order valence-electron chi connectivity index (χ3n) is 6.26. The van der Waals surface area contributed by atoms with E-state index in [1.807, 2.05) is 18.2 Å². The lowest BCUT2D eigenvalue weighted by Gasteiger charge is -2.15. The van der Waals surface area contributed by atoms with Gasteiger partial charge in [0.1, 0.15) is 29.9 Å². The van der Waals surface area contributed by atoms with Crippen molar-refractivity contribution in [2.24, 2.45) is 0 Å². The fourth-order valence-electron chi connectivity index (χ4n) is 3.99. The summed E-state index contributed by atoms with van der Waals surface area (Å²) in [7, 11) is 0. The first-order valence-electron chi connectivity index (χ1n) is 14.4. The van der Waals surface area contributed by atoms with Crippen molar-refractivity contribution in [3.63, 3.8) is 0 Å². The third kappa shape index (κ3) is 11.7. The molecule has 1 aromatic carbocycles. The summed E-state index contributed by atoms with van der Waals surface area (Å²) in [6.07, 6.45) is 18.3. The Kier molecular flexibility index (Phi) is 14.7. The highest BCUT2D eigenvalue weighted by Crippen LogP contribution is 2.39. The van der Waals surface area contributed by atoms with Crippen molar-refractivity contribution in [3.8, 4) is 17.2 Å². The van der Waals surface area contributed by atoms with Crippen LogP contribution in [0.5, 0.6) is 17.2 Å². The lowest BCUT2D eigenvalue weighted by atomic mass is 10.1. The predicted octanol–water partition coefficient (Wildman–Crippen LogP) is 9.67. The Hall–Kier alpha value is -3.47. The van der Waals surface area contributed by atoms with Gasteiger partial charge in [0.15, 0.2) is 5.75 Å². The maximum Gasteiger partial charge on any atom is 0.383 e. The van der Waals surface area contributed by atoms with Crippen LogP contribution in [0, 0.1) is 0 Å². The molecule has 0 fully saturated rings. The molecule has 2 rings (SSSR count). The molecule has 5 nitrogen and oxygen atoms in total. The number of benzene rings is 1. The summed E-state index contributed by atoms with van der Waals surface area (Å²) in [4.78, 5) is 13.1. The van der Waals surface area contributed by atoms with Crippen molar-refractivity contribution in [1.29, 1.82) is 0 Å². The summed E-state index contributed by atoms with van der Waals surface area (Å²) < 4.78 is 24.1. The smallest absolute Gasteiger partial charge is 0.383 e. The number of fused-ring (bicyclic) bond motifs is 1. The van der Waals surface area contributed by atoms with Gasteiger partial charge >= 0.3 is 5.63 Å². The van der Waals surface area contributed by atoms with Crippen LogP contribution in [0.4, 0.5) is 0 Å². The lowest BCUT2D eigenvalue weighted by molar-refractivity contribution is 0.291. The van der Waals surface area contributed by atoms with Crippen LogP contribution in [0.25, 0.3) is 11.0 Å². The topological polar surface area (TPSA) is 57.9 Å². The van der Waals surface area contributed by atoms with E-state index in [1.54, 1.807) is 6.07 Å². The molecule has 1 heterocycles. The second kappa shape index (κ2) is 18.0. The van der Waals surface area contributed by atoms with Crippen molar-refractivity contribution < 1.29 is 18.6 Å². The number of hydrogen-bond acceptors (Lipinski definition) is 5. The van der Waals surface area contributed by atoms with Crippen LogP contribution in [-0.4, -0.2) is 19.8 Å². The summed E-state index contributed by atoms with van der Waals surface area (Å²) in [5.74, 6) is 1.02. The first kappa shape index (κ1) is 32.7. The minimum atomic E-state index is -0.564. The highest BCUT2D eigenvalue weighted by molar-refractivity contribution is 5.91. The summed E-state index contributed by atoms with van der Waals surface area (Å²) in [6, 6.07) is 5.44. The Labute approximate surface area is 240 Å². The minimum absolute atomic E-state index is 0.0679. The van der Waals surface area contributed by atoms with Gasteiger partial charge in [0.05, 0.1) is 6.61 Å². The van der Waals surface area contributed by atoms with Crippen molar-refractivity contribution in [2.45, 2.75) is 87.0 Å². The maximum atomic E-state index is 13.1. The van der Waals surface area contributed by atoms with E-state index in [0.717, 1.165) is 38.5 Å². The van der Waals surface area contributed by atoms with Crippen LogP contribution in [0.15, 0.2) is 86.2 Å². The summed E-state index contributed by atoms with van der Waals surface area (Å²) in [5.41, 5.74) is 4.88. The average Bonchev–Trinajstić information content (AvgIpc) is 2.89. The van der Waals surface area contributed by atoms with Gasteiger partial charge < -0.3 is 18.6 Å². The van der Waals surface area contributed by atoms with E-state index in [1.165, 1.54) is 22.3 Å². The number of rotatable bonds is 17. The summed E-state index contributed by atoms with van der Waals surface area (Å²) >= 11 is 0. The molecule has 0 N–H and O–H groups in total. The molecular formula is C35H48O5.